The molecule has 0 spiro atoms. The van der Waals surface area contributed by atoms with Crippen molar-refractivity contribution < 1.29 is 4.79 Å². The molecule has 16 heavy (non-hydrogen) atoms. The molecule has 0 aromatic carbocycles. The van der Waals surface area contributed by atoms with Crippen molar-refractivity contribution in [1.82, 2.24) is 5.32 Å². The Bertz CT molecular complexity index is 324. The summed E-state index contributed by atoms with van der Waals surface area (Å²) in [5.41, 5.74) is 0.0622. The predicted molar refractivity (Wildman–Crippen MR) is 69.7 cm³/mol. The Kier molecular flexibility index (Phi) is 4.54. The van der Waals surface area contributed by atoms with Crippen molar-refractivity contribution in [3.8, 4) is 0 Å². The number of rotatable bonds is 4. The monoisotopic (exact) mass is 239 g/mol. The zero-order valence-corrected chi connectivity index (χ0v) is 11.4. The van der Waals surface area contributed by atoms with Crippen molar-refractivity contribution in [3.63, 3.8) is 0 Å². The number of carbonyl (C=O) groups is 1. The fourth-order valence-corrected chi connectivity index (χ4v) is 2.42. The van der Waals surface area contributed by atoms with Crippen LogP contribution in [-0.2, 0) is 11.2 Å². The molecule has 1 atom stereocenters. The van der Waals surface area contributed by atoms with Crippen molar-refractivity contribution in [2.75, 3.05) is 0 Å². The zero-order valence-electron chi connectivity index (χ0n) is 10.5. The Hall–Kier alpha value is -0.830. The lowest BCUT2D eigenvalue weighted by molar-refractivity contribution is -0.123. The number of nitrogens with one attached hydrogen (secondary N) is 1. The van der Waals surface area contributed by atoms with Gasteiger partial charge in [-0.15, -0.1) is 11.3 Å². The van der Waals surface area contributed by atoms with Crippen LogP contribution in [0.3, 0.4) is 0 Å². The second-order valence-electron chi connectivity index (χ2n) is 5.49. The Balaban J connectivity index is 2.34. The van der Waals surface area contributed by atoms with Crippen molar-refractivity contribution in [2.24, 2.45) is 5.41 Å². The minimum Gasteiger partial charge on any atom is -0.353 e. The van der Waals surface area contributed by atoms with Crippen molar-refractivity contribution in [3.05, 3.63) is 22.4 Å². The lowest BCUT2D eigenvalue weighted by Gasteiger charge is -2.19. The third kappa shape index (κ3) is 5.31. The highest BCUT2D eigenvalue weighted by Gasteiger charge is 2.17. The van der Waals surface area contributed by atoms with E-state index in [-0.39, 0.29) is 17.4 Å². The fraction of sp³-hybridized carbons (Fsp3) is 0.615. The first-order valence-electron chi connectivity index (χ1n) is 5.68. The van der Waals surface area contributed by atoms with E-state index in [1.807, 2.05) is 6.07 Å². The van der Waals surface area contributed by atoms with E-state index in [0.29, 0.717) is 6.42 Å². The Labute approximate surface area is 102 Å². The number of amides is 1. The molecular formula is C13H21NOS. The van der Waals surface area contributed by atoms with E-state index in [1.165, 1.54) is 4.88 Å². The lowest BCUT2D eigenvalue weighted by Crippen LogP contribution is -2.35. The second kappa shape index (κ2) is 5.48. The summed E-state index contributed by atoms with van der Waals surface area (Å²) in [7, 11) is 0. The van der Waals surface area contributed by atoms with Crippen LogP contribution in [0.5, 0.6) is 0 Å². The normalized spacial score (nSPS) is 13.5. The van der Waals surface area contributed by atoms with Gasteiger partial charge in [0.05, 0.1) is 0 Å². The molecule has 3 heteroatoms. The van der Waals surface area contributed by atoms with Gasteiger partial charge in [-0.1, -0.05) is 26.8 Å². The van der Waals surface area contributed by atoms with E-state index in [4.69, 9.17) is 0 Å². The van der Waals surface area contributed by atoms with Crippen LogP contribution >= 0.6 is 11.3 Å². The average molecular weight is 239 g/mol. The highest BCUT2D eigenvalue weighted by Crippen LogP contribution is 2.18. The highest BCUT2D eigenvalue weighted by atomic mass is 32.1. The van der Waals surface area contributed by atoms with Crippen LogP contribution in [0.2, 0.25) is 0 Å². The molecule has 0 aliphatic carbocycles. The molecular weight excluding hydrogens is 218 g/mol. The fourth-order valence-electron chi connectivity index (χ4n) is 1.59. The van der Waals surface area contributed by atoms with E-state index >= 15 is 0 Å². The molecule has 0 saturated carbocycles. The van der Waals surface area contributed by atoms with E-state index in [1.54, 1.807) is 11.3 Å². The molecule has 2 nitrogen and oxygen atoms in total. The SMILES string of the molecule is CC(Cc1cccs1)NC(=O)CC(C)(C)C. The quantitative estimate of drug-likeness (QED) is 0.858. The summed E-state index contributed by atoms with van der Waals surface area (Å²) < 4.78 is 0. The summed E-state index contributed by atoms with van der Waals surface area (Å²) in [6, 6.07) is 4.37. The van der Waals surface area contributed by atoms with Gasteiger partial charge in [-0.05, 0) is 23.8 Å². The van der Waals surface area contributed by atoms with Crippen LogP contribution in [0, 0.1) is 5.41 Å². The Morgan fingerprint density at radius 2 is 2.19 bits per heavy atom. The molecule has 0 radical (unpaired) electrons. The summed E-state index contributed by atoms with van der Waals surface area (Å²) in [6.45, 7) is 8.30. The molecule has 0 bridgehead atoms. The minimum absolute atomic E-state index is 0.0622. The molecule has 0 aliphatic rings. The van der Waals surface area contributed by atoms with E-state index in [9.17, 15) is 4.79 Å². The van der Waals surface area contributed by atoms with Crippen LogP contribution in [0.4, 0.5) is 0 Å². The summed E-state index contributed by atoms with van der Waals surface area (Å²) >= 11 is 1.74. The third-order valence-electron chi connectivity index (χ3n) is 2.19. The molecule has 1 N–H and O–H groups in total. The molecule has 1 amide bonds. The molecule has 1 aromatic rings. The van der Waals surface area contributed by atoms with Crippen molar-refractivity contribution >= 4 is 17.2 Å². The van der Waals surface area contributed by atoms with E-state index in [2.05, 4.69) is 44.5 Å². The van der Waals surface area contributed by atoms with Crippen LogP contribution in [0.15, 0.2) is 17.5 Å². The standard InChI is InChI=1S/C13H21NOS/c1-10(8-11-6-5-7-16-11)14-12(15)9-13(2,3)4/h5-7,10H,8-9H2,1-4H3,(H,14,15). The molecule has 1 heterocycles. The summed E-state index contributed by atoms with van der Waals surface area (Å²) in [6.07, 6.45) is 1.51. The molecule has 90 valence electrons. The number of carbonyl (C=O) groups excluding carboxylic acids is 1. The molecule has 1 unspecified atom stereocenters. The van der Waals surface area contributed by atoms with Crippen LogP contribution in [-0.4, -0.2) is 11.9 Å². The van der Waals surface area contributed by atoms with Gasteiger partial charge in [-0.3, -0.25) is 4.79 Å². The lowest BCUT2D eigenvalue weighted by atomic mass is 9.92. The largest absolute Gasteiger partial charge is 0.353 e. The van der Waals surface area contributed by atoms with E-state index < -0.39 is 0 Å². The average Bonchev–Trinajstić information content (AvgIpc) is 2.51. The van der Waals surface area contributed by atoms with Crippen molar-refractivity contribution in [1.29, 1.82) is 0 Å². The van der Waals surface area contributed by atoms with Crippen LogP contribution < -0.4 is 5.32 Å². The van der Waals surface area contributed by atoms with Gasteiger partial charge in [-0.25, -0.2) is 0 Å². The first kappa shape index (κ1) is 13.2. The smallest absolute Gasteiger partial charge is 0.220 e. The van der Waals surface area contributed by atoms with Gasteiger partial charge in [0.25, 0.3) is 0 Å². The highest BCUT2D eigenvalue weighted by molar-refractivity contribution is 7.09. The topological polar surface area (TPSA) is 29.1 Å². The maximum absolute atomic E-state index is 11.7. The summed E-state index contributed by atoms with van der Waals surface area (Å²) in [4.78, 5) is 13.0. The van der Waals surface area contributed by atoms with Crippen molar-refractivity contribution in [2.45, 2.75) is 46.6 Å². The van der Waals surface area contributed by atoms with Gasteiger partial charge in [0, 0.05) is 23.8 Å². The molecule has 0 saturated heterocycles. The molecule has 1 aromatic heterocycles. The zero-order chi connectivity index (χ0) is 12.2. The second-order valence-corrected chi connectivity index (χ2v) is 6.52. The summed E-state index contributed by atoms with van der Waals surface area (Å²) in [5.74, 6) is 0.150. The maximum atomic E-state index is 11.7. The number of thiophene rings is 1. The van der Waals surface area contributed by atoms with Gasteiger partial charge >= 0.3 is 0 Å². The predicted octanol–water partition coefficient (Wildman–Crippen LogP) is 3.23. The van der Waals surface area contributed by atoms with Gasteiger partial charge in [-0.2, -0.15) is 0 Å². The third-order valence-corrected chi connectivity index (χ3v) is 3.08. The molecule has 1 rings (SSSR count). The molecule has 0 fully saturated rings. The summed E-state index contributed by atoms with van der Waals surface area (Å²) in [5, 5.41) is 5.11. The van der Waals surface area contributed by atoms with Gasteiger partial charge < -0.3 is 5.32 Å². The van der Waals surface area contributed by atoms with E-state index in [0.717, 1.165) is 6.42 Å². The minimum atomic E-state index is 0.0622. The Morgan fingerprint density at radius 3 is 2.69 bits per heavy atom. The van der Waals surface area contributed by atoms with Gasteiger partial charge in [0.1, 0.15) is 0 Å². The van der Waals surface area contributed by atoms with Crippen LogP contribution in [0.25, 0.3) is 0 Å². The van der Waals surface area contributed by atoms with Gasteiger partial charge in [0.2, 0.25) is 5.91 Å². The first-order chi connectivity index (χ1) is 7.37. The Morgan fingerprint density at radius 1 is 1.50 bits per heavy atom. The molecule has 0 aliphatic heterocycles. The van der Waals surface area contributed by atoms with Gasteiger partial charge in [0.15, 0.2) is 0 Å². The number of hydrogen-bond donors (Lipinski definition) is 1. The number of hydrogen-bond acceptors (Lipinski definition) is 2. The maximum Gasteiger partial charge on any atom is 0.220 e. The van der Waals surface area contributed by atoms with Crippen LogP contribution in [0.1, 0.15) is 39.0 Å². The first-order valence-corrected chi connectivity index (χ1v) is 6.56.